The maximum absolute atomic E-state index is 12.2. The number of hydrogen-bond acceptors (Lipinski definition) is 4. The van der Waals surface area contributed by atoms with Gasteiger partial charge >= 0.3 is 0 Å². The monoisotopic (exact) mass is 331 g/mol. The van der Waals surface area contributed by atoms with Crippen LogP contribution in [0, 0.1) is 11.8 Å². The van der Waals surface area contributed by atoms with Gasteiger partial charge in [0.05, 0.1) is 5.02 Å². The van der Waals surface area contributed by atoms with Crippen LogP contribution in [0.3, 0.4) is 0 Å². The van der Waals surface area contributed by atoms with Crippen LogP contribution in [0.1, 0.15) is 5.56 Å². The molecule has 1 aliphatic heterocycles. The smallest absolute Gasteiger partial charge is 0.298 e. The van der Waals surface area contributed by atoms with Crippen LogP contribution in [0.25, 0.3) is 0 Å². The zero-order valence-electron chi connectivity index (χ0n) is 11.8. The number of anilines is 1. The Morgan fingerprint density at radius 1 is 1.23 bits per heavy atom. The first-order valence-electron chi connectivity index (χ1n) is 6.94. The highest BCUT2D eigenvalue weighted by molar-refractivity contribution is 7.13. The molecule has 4 nitrogen and oxygen atoms in total. The zero-order valence-corrected chi connectivity index (χ0v) is 13.4. The number of thiazole rings is 1. The molecule has 0 unspecified atom stereocenters. The average molecular weight is 332 g/mol. The Morgan fingerprint density at radius 2 is 2.00 bits per heavy atom. The summed E-state index contributed by atoms with van der Waals surface area (Å²) < 4.78 is 0. The van der Waals surface area contributed by atoms with Crippen molar-refractivity contribution in [3.05, 3.63) is 46.4 Å². The molecule has 3 rings (SSSR count). The second-order valence-electron chi connectivity index (χ2n) is 4.82. The molecule has 1 saturated heterocycles. The SMILES string of the molecule is O=C(C#Cc1ccccc1Cl)N1CCN(c2nccs2)CC1. The predicted molar refractivity (Wildman–Crippen MR) is 89.2 cm³/mol. The van der Waals surface area contributed by atoms with E-state index >= 15 is 0 Å². The molecular formula is C16H14ClN3OS. The maximum Gasteiger partial charge on any atom is 0.298 e. The fourth-order valence-electron chi connectivity index (χ4n) is 2.24. The number of benzene rings is 1. The van der Waals surface area contributed by atoms with Crippen molar-refractivity contribution >= 4 is 34.0 Å². The Kier molecular flexibility index (Phi) is 4.62. The van der Waals surface area contributed by atoms with Gasteiger partial charge in [0.1, 0.15) is 0 Å². The lowest BCUT2D eigenvalue weighted by Gasteiger charge is -2.33. The molecule has 22 heavy (non-hydrogen) atoms. The van der Waals surface area contributed by atoms with Crippen LogP contribution < -0.4 is 4.90 Å². The van der Waals surface area contributed by atoms with Gasteiger partial charge in [0, 0.05) is 49.2 Å². The van der Waals surface area contributed by atoms with Gasteiger partial charge < -0.3 is 9.80 Å². The molecule has 0 bridgehead atoms. The molecule has 1 amide bonds. The summed E-state index contributed by atoms with van der Waals surface area (Å²) in [6.45, 7) is 2.89. The minimum absolute atomic E-state index is 0.154. The number of aromatic nitrogens is 1. The number of piperazine rings is 1. The minimum Gasteiger partial charge on any atom is -0.345 e. The van der Waals surface area contributed by atoms with E-state index < -0.39 is 0 Å². The van der Waals surface area contributed by atoms with Crippen molar-refractivity contribution in [1.82, 2.24) is 9.88 Å². The molecule has 1 fully saturated rings. The van der Waals surface area contributed by atoms with Crippen LogP contribution in [-0.2, 0) is 4.79 Å². The predicted octanol–water partition coefficient (Wildman–Crippen LogP) is 2.50. The minimum atomic E-state index is -0.154. The molecule has 0 atom stereocenters. The first-order chi connectivity index (χ1) is 10.7. The molecule has 2 heterocycles. The van der Waals surface area contributed by atoms with Crippen LogP contribution in [-0.4, -0.2) is 42.0 Å². The van der Waals surface area contributed by atoms with Gasteiger partial charge in [-0.3, -0.25) is 4.79 Å². The van der Waals surface area contributed by atoms with Gasteiger partial charge in [-0.05, 0) is 12.1 Å². The highest BCUT2D eigenvalue weighted by atomic mass is 35.5. The highest BCUT2D eigenvalue weighted by Crippen LogP contribution is 2.19. The molecule has 1 aliphatic rings. The standard InChI is InChI=1S/C16H14ClN3OS/c17-14-4-2-1-3-13(14)5-6-15(21)19-8-10-20(11-9-19)16-18-7-12-22-16/h1-4,7,12H,8-11H2. The number of carbonyl (C=O) groups excluding carboxylic acids is 1. The van der Waals surface area contributed by atoms with Crippen molar-refractivity contribution in [3.63, 3.8) is 0 Å². The molecular weight excluding hydrogens is 318 g/mol. The Bertz CT molecular complexity index is 712. The summed E-state index contributed by atoms with van der Waals surface area (Å²) in [7, 11) is 0. The van der Waals surface area contributed by atoms with Gasteiger partial charge in [0.2, 0.25) is 0 Å². The van der Waals surface area contributed by atoms with Crippen molar-refractivity contribution in [3.8, 4) is 11.8 Å². The highest BCUT2D eigenvalue weighted by Gasteiger charge is 2.21. The van der Waals surface area contributed by atoms with E-state index in [4.69, 9.17) is 11.6 Å². The molecule has 1 aromatic carbocycles. The average Bonchev–Trinajstić information content (AvgIpc) is 3.08. The molecule has 112 valence electrons. The normalized spacial score (nSPS) is 14.4. The van der Waals surface area contributed by atoms with Crippen molar-refractivity contribution in [1.29, 1.82) is 0 Å². The summed E-state index contributed by atoms with van der Waals surface area (Å²) in [6, 6.07) is 7.27. The number of hydrogen-bond donors (Lipinski definition) is 0. The molecule has 0 aliphatic carbocycles. The lowest BCUT2D eigenvalue weighted by atomic mass is 10.2. The third kappa shape index (κ3) is 3.41. The summed E-state index contributed by atoms with van der Waals surface area (Å²) >= 11 is 7.65. The maximum atomic E-state index is 12.2. The van der Waals surface area contributed by atoms with E-state index in [9.17, 15) is 4.79 Å². The first-order valence-corrected chi connectivity index (χ1v) is 8.20. The van der Waals surface area contributed by atoms with E-state index in [1.165, 1.54) is 0 Å². The topological polar surface area (TPSA) is 36.4 Å². The van der Waals surface area contributed by atoms with E-state index in [-0.39, 0.29) is 5.91 Å². The summed E-state index contributed by atoms with van der Waals surface area (Å²) in [5.41, 5.74) is 0.680. The Labute approximate surface area is 138 Å². The van der Waals surface area contributed by atoms with Crippen molar-refractivity contribution in [2.75, 3.05) is 31.1 Å². The largest absolute Gasteiger partial charge is 0.345 e. The van der Waals surface area contributed by atoms with Crippen molar-refractivity contribution in [2.24, 2.45) is 0 Å². The summed E-state index contributed by atoms with van der Waals surface area (Å²) in [5, 5.41) is 3.53. The molecule has 1 aromatic heterocycles. The van der Waals surface area contributed by atoms with Crippen LogP contribution in [0.4, 0.5) is 5.13 Å². The van der Waals surface area contributed by atoms with E-state index in [0.717, 1.165) is 18.2 Å². The van der Waals surface area contributed by atoms with Gasteiger partial charge in [-0.2, -0.15) is 0 Å². The van der Waals surface area contributed by atoms with Crippen LogP contribution >= 0.6 is 22.9 Å². The fraction of sp³-hybridized carbons (Fsp3) is 0.250. The molecule has 0 radical (unpaired) electrons. The van der Waals surface area contributed by atoms with Gasteiger partial charge in [0.15, 0.2) is 5.13 Å². The van der Waals surface area contributed by atoms with Gasteiger partial charge in [-0.25, -0.2) is 4.98 Å². The van der Waals surface area contributed by atoms with Crippen LogP contribution in [0.5, 0.6) is 0 Å². The zero-order chi connectivity index (χ0) is 15.4. The molecule has 0 N–H and O–H groups in total. The summed E-state index contributed by atoms with van der Waals surface area (Å²) in [5.74, 6) is 5.38. The van der Waals surface area contributed by atoms with E-state index in [0.29, 0.717) is 23.7 Å². The van der Waals surface area contributed by atoms with E-state index in [2.05, 4.69) is 21.7 Å². The molecule has 0 spiro atoms. The van der Waals surface area contributed by atoms with Crippen molar-refractivity contribution in [2.45, 2.75) is 0 Å². The summed E-state index contributed by atoms with van der Waals surface area (Å²) in [4.78, 5) is 20.4. The lowest BCUT2D eigenvalue weighted by Crippen LogP contribution is -2.48. The quantitative estimate of drug-likeness (QED) is 0.753. The molecule has 2 aromatic rings. The van der Waals surface area contributed by atoms with E-state index in [1.54, 1.807) is 28.5 Å². The fourth-order valence-corrected chi connectivity index (χ4v) is 3.12. The summed E-state index contributed by atoms with van der Waals surface area (Å²) in [6.07, 6.45) is 1.80. The van der Waals surface area contributed by atoms with Crippen LogP contribution in [0.15, 0.2) is 35.8 Å². The Hall–Kier alpha value is -2.03. The number of carbonyl (C=O) groups is 1. The Balaban J connectivity index is 1.60. The number of rotatable bonds is 1. The second-order valence-corrected chi connectivity index (χ2v) is 6.10. The van der Waals surface area contributed by atoms with Crippen molar-refractivity contribution < 1.29 is 4.79 Å². The Morgan fingerprint density at radius 3 is 2.68 bits per heavy atom. The second kappa shape index (κ2) is 6.82. The third-order valence-corrected chi connectivity index (χ3v) is 4.60. The molecule has 6 heteroatoms. The number of amides is 1. The third-order valence-electron chi connectivity index (χ3n) is 3.43. The number of halogens is 1. The van der Waals surface area contributed by atoms with Gasteiger partial charge in [-0.1, -0.05) is 29.7 Å². The lowest BCUT2D eigenvalue weighted by molar-refractivity contribution is -0.125. The number of nitrogens with zero attached hydrogens (tertiary/aromatic N) is 3. The van der Waals surface area contributed by atoms with Gasteiger partial charge in [0.25, 0.3) is 5.91 Å². The van der Waals surface area contributed by atoms with Crippen LogP contribution in [0.2, 0.25) is 5.02 Å². The molecule has 0 saturated carbocycles. The first kappa shape index (κ1) is 14.9. The van der Waals surface area contributed by atoms with Gasteiger partial charge in [-0.15, -0.1) is 11.3 Å². The van der Waals surface area contributed by atoms with E-state index in [1.807, 2.05) is 23.6 Å².